The number of aryl methyl sites for hydroxylation is 2. The first-order chi connectivity index (χ1) is 8.86. The molecule has 0 aliphatic carbocycles. The van der Waals surface area contributed by atoms with E-state index in [1.165, 1.54) is 0 Å². The Hall–Kier alpha value is -0.560. The van der Waals surface area contributed by atoms with E-state index in [4.69, 9.17) is 9.47 Å². The highest BCUT2D eigenvalue weighted by Crippen LogP contribution is 2.13. The topological polar surface area (TPSA) is 56.3 Å². The summed E-state index contributed by atoms with van der Waals surface area (Å²) in [6, 6.07) is 0. The summed E-state index contributed by atoms with van der Waals surface area (Å²) in [5.41, 5.74) is 0. The van der Waals surface area contributed by atoms with Gasteiger partial charge >= 0.3 is 0 Å². The van der Waals surface area contributed by atoms with Crippen LogP contribution in [0.2, 0.25) is 0 Å². The summed E-state index contributed by atoms with van der Waals surface area (Å²) in [6.07, 6.45) is 4.08. The number of nitrogens with one attached hydrogen (secondary N) is 1. The lowest BCUT2D eigenvalue weighted by molar-refractivity contribution is 0.195. The molecule has 0 bridgehead atoms. The van der Waals surface area contributed by atoms with Gasteiger partial charge in [0.15, 0.2) is 0 Å². The molecule has 1 rings (SSSR count). The largest absolute Gasteiger partial charge is 0.385 e. The Kier molecular flexibility index (Phi) is 8.93. The van der Waals surface area contributed by atoms with Crippen LogP contribution in [0.5, 0.6) is 0 Å². The molecule has 1 N–H and O–H groups in total. The summed E-state index contributed by atoms with van der Waals surface area (Å²) >= 11 is 1.72. The Balaban J connectivity index is 2.07. The lowest BCUT2D eigenvalue weighted by Crippen LogP contribution is -2.20. The zero-order valence-electron chi connectivity index (χ0n) is 11.3. The smallest absolute Gasteiger partial charge is 0.117 e. The molecule has 0 aromatic carbocycles. The number of nitrogens with zero attached hydrogens (tertiary/aromatic N) is 2. The van der Waals surface area contributed by atoms with E-state index in [1.807, 2.05) is 0 Å². The van der Waals surface area contributed by atoms with Crippen LogP contribution in [0.4, 0.5) is 0 Å². The first-order valence-electron chi connectivity index (χ1n) is 6.36. The van der Waals surface area contributed by atoms with Crippen molar-refractivity contribution >= 4 is 11.3 Å². The van der Waals surface area contributed by atoms with Gasteiger partial charge in [-0.1, -0.05) is 0 Å². The Bertz CT molecular complexity index is 307. The predicted octanol–water partition coefficient (Wildman–Crippen LogP) is 1.29. The van der Waals surface area contributed by atoms with E-state index in [0.29, 0.717) is 0 Å². The van der Waals surface area contributed by atoms with Gasteiger partial charge in [-0.3, -0.25) is 0 Å². The fourth-order valence-corrected chi connectivity index (χ4v) is 2.45. The first kappa shape index (κ1) is 15.5. The highest BCUT2D eigenvalue weighted by molar-refractivity contribution is 7.11. The minimum absolute atomic E-state index is 0.766. The van der Waals surface area contributed by atoms with Gasteiger partial charge < -0.3 is 14.8 Å². The lowest BCUT2D eigenvalue weighted by atomic mass is 10.3. The normalized spacial score (nSPS) is 11.0. The summed E-state index contributed by atoms with van der Waals surface area (Å²) in [5, 5.41) is 14.0. The lowest BCUT2D eigenvalue weighted by Gasteiger charge is -2.01. The van der Waals surface area contributed by atoms with Crippen molar-refractivity contribution in [3.8, 4) is 0 Å². The molecule has 0 aliphatic rings. The molecule has 1 aromatic rings. The molecule has 0 radical (unpaired) electrons. The van der Waals surface area contributed by atoms with Crippen molar-refractivity contribution in [2.45, 2.75) is 25.7 Å². The Labute approximate surface area is 113 Å². The second-order valence-electron chi connectivity index (χ2n) is 4.03. The van der Waals surface area contributed by atoms with Crippen molar-refractivity contribution in [2.24, 2.45) is 0 Å². The van der Waals surface area contributed by atoms with Crippen molar-refractivity contribution in [2.75, 3.05) is 40.5 Å². The fraction of sp³-hybridized carbons (Fsp3) is 0.833. The van der Waals surface area contributed by atoms with E-state index >= 15 is 0 Å². The maximum absolute atomic E-state index is 5.02. The number of rotatable bonds is 11. The third-order valence-electron chi connectivity index (χ3n) is 2.47. The highest BCUT2D eigenvalue weighted by Gasteiger charge is 2.03. The van der Waals surface area contributed by atoms with Crippen molar-refractivity contribution in [1.29, 1.82) is 0 Å². The molecular weight excluding hydrogens is 250 g/mol. The van der Waals surface area contributed by atoms with E-state index in [2.05, 4.69) is 15.5 Å². The summed E-state index contributed by atoms with van der Waals surface area (Å²) < 4.78 is 9.98. The molecule has 0 fully saturated rings. The maximum Gasteiger partial charge on any atom is 0.117 e. The van der Waals surface area contributed by atoms with Gasteiger partial charge in [0.25, 0.3) is 0 Å². The third-order valence-corrected chi connectivity index (χ3v) is 3.52. The molecule has 0 spiro atoms. The Morgan fingerprint density at radius 1 is 0.944 bits per heavy atom. The number of methoxy groups -OCH3 is 2. The van der Waals surface area contributed by atoms with Gasteiger partial charge in [-0.15, -0.1) is 21.5 Å². The van der Waals surface area contributed by atoms with Gasteiger partial charge in [0.05, 0.1) is 6.61 Å². The average Bonchev–Trinajstić information content (AvgIpc) is 2.82. The van der Waals surface area contributed by atoms with Gasteiger partial charge in [-0.25, -0.2) is 0 Å². The van der Waals surface area contributed by atoms with Crippen molar-refractivity contribution in [1.82, 2.24) is 15.5 Å². The maximum atomic E-state index is 5.02. The molecule has 1 aromatic heterocycles. The number of hydrogen-bond donors (Lipinski definition) is 1. The second kappa shape index (κ2) is 10.4. The Morgan fingerprint density at radius 2 is 1.61 bits per heavy atom. The number of ether oxygens (including phenoxy) is 2. The molecule has 5 nitrogen and oxygen atoms in total. The predicted molar refractivity (Wildman–Crippen MR) is 73.2 cm³/mol. The van der Waals surface area contributed by atoms with E-state index in [-0.39, 0.29) is 0 Å². The molecule has 0 saturated heterocycles. The summed E-state index contributed by atoms with van der Waals surface area (Å²) in [7, 11) is 3.44. The van der Waals surface area contributed by atoms with Crippen molar-refractivity contribution < 1.29 is 9.47 Å². The molecule has 0 amide bonds. The molecule has 104 valence electrons. The second-order valence-corrected chi connectivity index (χ2v) is 5.18. The molecule has 0 atom stereocenters. The molecule has 0 unspecified atom stereocenters. The number of hydrogen-bond acceptors (Lipinski definition) is 6. The minimum Gasteiger partial charge on any atom is -0.385 e. The van der Waals surface area contributed by atoms with Crippen LogP contribution in [-0.4, -0.2) is 50.7 Å². The minimum atomic E-state index is 0.766. The Morgan fingerprint density at radius 3 is 2.28 bits per heavy atom. The summed E-state index contributed by atoms with van der Waals surface area (Å²) in [4.78, 5) is 0. The SMILES string of the molecule is COCCCc1nnc(CCCNCCOC)s1. The van der Waals surface area contributed by atoms with Crippen LogP contribution in [0.25, 0.3) is 0 Å². The van der Waals surface area contributed by atoms with Gasteiger partial charge in [-0.05, 0) is 19.4 Å². The first-order valence-corrected chi connectivity index (χ1v) is 7.18. The van der Waals surface area contributed by atoms with Gasteiger partial charge in [-0.2, -0.15) is 0 Å². The van der Waals surface area contributed by atoms with Crippen molar-refractivity contribution in [3.05, 3.63) is 10.0 Å². The van der Waals surface area contributed by atoms with Crippen LogP contribution in [-0.2, 0) is 22.3 Å². The zero-order chi connectivity index (χ0) is 13.1. The quantitative estimate of drug-likeness (QED) is 0.616. The van der Waals surface area contributed by atoms with Crippen molar-refractivity contribution in [3.63, 3.8) is 0 Å². The molecule has 0 saturated carbocycles. The molecule has 6 heteroatoms. The van der Waals surface area contributed by atoms with Crippen LogP contribution < -0.4 is 5.32 Å². The van der Waals surface area contributed by atoms with Crippen LogP contribution in [0.1, 0.15) is 22.9 Å². The molecule has 1 heterocycles. The van der Waals surface area contributed by atoms with Gasteiger partial charge in [0.2, 0.25) is 0 Å². The van der Waals surface area contributed by atoms with Crippen LogP contribution >= 0.6 is 11.3 Å². The summed E-state index contributed by atoms with van der Waals surface area (Å²) in [5.74, 6) is 0. The van der Waals surface area contributed by atoms with Crippen LogP contribution in [0.3, 0.4) is 0 Å². The van der Waals surface area contributed by atoms with E-state index in [0.717, 1.165) is 62.0 Å². The third kappa shape index (κ3) is 7.00. The monoisotopic (exact) mass is 273 g/mol. The fourth-order valence-electron chi connectivity index (χ4n) is 1.52. The highest BCUT2D eigenvalue weighted by atomic mass is 32.1. The van der Waals surface area contributed by atoms with E-state index in [9.17, 15) is 0 Å². The summed E-state index contributed by atoms with van der Waals surface area (Å²) in [6.45, 7) is 3.47. The average molecular weight is 273 g/mol. The van der Waals surface area contributed by atoms with Gasteiger partial charge in [0, 0.05) is 40.2 Å². The van der Waals surface area contributed by atoms with E-state index in [1.54, 1.807) is 25.6 Å². The zero-order valence-corrected chi connectivity index (χ0v) is 12.1. The molecule has 0 aliphatic heterocycles. The van der Waals surface area contributed by atoms with Crippen LogP contribution in [0, 0.1) is 0 Å². The van der Waals surface area contributed by atoms with Gasteiger partial charge in [0.1, 0.15) is 10.0 Å². The molecule has 18 heavy (non-hydrogen) atoms. The van der Waals surface area contributed by atoms with Crippen LogP contribution in [0.15, 0.2) is 0 Å². The molecular formula is C12H23N3O2S. The van der Waals surface area contributed by atoms with E-state index < -0.39 is 0 Å². The standard InChI is InChI=1S/C12H23N3O2S/c1-16-9-4-6-12-15-14-11(18-12)5-3-7-13-8-10-17-2/h13H,3-10H2,1-2H3. The number of aromatic nitrogens is 2.